The van der Waals surface area contributed by atoms with Crippen molar-refractivity contribution in [3.8, 4) is 12.3 Å². The fourth-order valence-corrected chi connectivity index (χ4v) is 1.34. The van der Waals surface area contributed by atoms with E-state index in [9.17, 15) is 13.9 Å². The average molecular weight is 175 g/mol. The molecular weight excluding hydrogens is 164 g/mol. The molecule has 1 N–H and O–H groups in total. The van der Waals surface area contributed by atoms with Crippen molar-refractivity contribution >= 4 is 0 Å². The van der Waals surface area contributed by atoms with Crippen molar-refractivity contribution in [1.82, 2.24) is 4.90 Å². The Kier molecular flexibility index (Phi) is 2.65. The summed E-state index contributed by atoms with van der Waals surface area (Å²) in [6, 6.07) is 0. The van der Waals surface area contributed by atoms with Gasteiger partial charge < -0.3 is 5.11 Å². The van der Waals surface area contributed by atoms with Crippen LogP contribution in [0.2, 0.25) is 0 Å². The first-order valence-electron chi connectivity index (χ1n) is 3.76. The molecule has 0 aromatic heterocycles. The highest BCUT2D eigenvalue weighted by atomic mass is 19.3. The first-order valence-corrected chi connectivity index (χ1v) is 3.76. The van der Waals surface area contributed by atoms with E-state index in [2.05, 4.69) is 5.92 Å². The fourth-order valence-electron chi connectivity index (χ4n) is 1.34. The van der Waals surface area contributed by atoms with Crippen molar-refractivity contribution in [3.05, 3.63) is 0 Å². The van der Waals surface area contributed by atoms with Gasteiger partial charge in [0.05, 0.1) is 6.54 Å². The number of β-amino-alcohol motifs (C(OH)–C–C–N with tert-alkyl or cyclic N) is 1. The lowest BCUT2D eigenvalue weighted by Crippen LogP contribution is -2.33. The Morgan fingerprint density at radius 3 is 2.75 bits per heavy atom. The van der Waals surface area contributed by atoms with Crippen LogP contribution in [0, 0.1) is 12.3 Å². The van der Waals surface area contributed by atoms with Gasteiger partial charge in [0.1, 0.15) is 5.60 Å². The van der Waals surface area contributed by atoms with Crippen molar-refractivity contribution in [2.24, 2.45) is 0 Å². The third-order valence-electron chi connectivity index (χ3n) is 1.99. The van der Waals surface area contributed by atoms with E-state index in [1.54, 1.807) is 0 Å². The minimum absolute atomic E-state index is 0.161. The van der Waals surface area contributed by atoms with Gasteiger partial charge in [0.25, 0.3) is 6.43 Å². The van der Waals surface area contributed by atoms with Gasteiger partial charge in [-0.15, -0.1) is 6.42 Å². The van der Waals surface area contributed by atoms with Gasteiger partial charge in [-0.2, -0.15) is 0 Å². The molecule has 1 unspecified atom stereocenters. The van der Waals surface area contributed by atoms with Gasteiger partial charge in [-0.25, -0.2) is 8.78 Å². The minimum Gasteiger partial charge on any atom is -0.376 e. The molecule has 1 aliphatic heterocycles. The standard InChI is InChI=1S/C8H11F2NO/c1-2-8(12)3-4-11(6-8)5-7(9)10/h1,7,12H,3-6H2. The number of terminal acetylenes is 1. The summed E-state index contributed by atoms with van der Waals surface area (Å²) in [4.78, 5) is 1.48. The minimum atomic E-state index is -2.36. The molecule has 0 saturated carbocycles. The zero-order valence-electron chi connectivity index (χ0n) is 6.63. The number of aliphatic hydroxyl groups is 1. The number of hydrogen-bond acceptors (Lipinski definition) is 2. The predicted molar refractivity (Wildman–Crippen MR) is 40.8 cm³/mol. The summed E-state index contributed by atoms with van der Waals surface area (Å²) in [5, 5.41) is 9.46. The van der Waals surface area contributed by atoms with Gasteiger partial charge >= 0.3 is 0 Å². The topological polar surface area (TPSA) is 23.5 Å². The highest BCUT2D eigenvalue weighted by Crippen LogP contribution is 2.20. The Labute approximate surface area is 70.2 Å². The van der Waals surface area contributed by atoms with E-state index < -0.39 is 12.0 Å². The molecule has 0 bridgehead atoms. The maximum atomic E-state index is 11.9. The van der Waals surface area contributed by atoms with Crippen molar-refractivity contribution in [2.45, 2.75) is 18.4 Å². The van der Waals surface area contributed by atoms with Crippen LogP contribution in [0.4, 0.5) is 8.78 Å². The summed E-state index contributed by atoms with van der Waals surface area (Å²) in [5.74, 6) is 2.21. The average Bonchev–Trinajstić information content (AvgIpc) is 2.32. The van der Waals surface area contributed by atoms with Gasteiger partial charge in [0, 0.05) is 19.5 Å². The lowest BCUT2D eigenvalue weighted by molar-refractivity contribution is 0.0744. The quantitative estimate of drug-likeness (QED) is 0.611. The van der Waals surface area contributed by atoms with E-state index in [-0.39, 0.29) is 13.1 Å². The van der Waals surface area contributed by atoms with Crippen molar-refractivity contribution < 1.29 is 13.9 Å². The zero-order valence-corrected chi connectivity index (χ0v) is 6.63. The molecule has 1 saturated heterocycles. The molecule has 0 aromatic carbocycles. The van der Waals surface area contributed by atoms with Crippen LogP contribution < -0.4 is 0 Å². The summed E-state index contributed by atoms with van der Waals surface area (Å²) in [5.41, 5.74) is -1.19. The molecule has 12 heavy (non-hydrogen) atoms. The number of rotatable bonds is 2. The third-order valence-corrected chi connectivity index (χ3v) is 1.99. The van der Waals surface area contributed by atoms with Gasteiger partial charge in [-0.1, -0.05) is 5.92 Å². The third kappa shape index (κ3) is 2.16. The Morgan fingerprint density at radius 1 is 1.67 bits per heavy atom. The molecule has 0 spiro atoms. The Hall–Kier alpha value is -0.660. The molecule has 1 heterocycles. The van der Waals surface area contributed by atoms with Crippen molar-refractivity contribution in [2.75, 3.05) is 19.6 Å². The first kappa shape index (κ1) is 9.43. The maximum Gasteiger partial charge on any atom is 0.251 e. The molecule has 0 amide bonds. The van der Waals surface area contributed by atoms with Crippen LogP contribution in [0.15, 0.2) is 0 Å². The van der Waals surface area contributed by atoms with Crippen LogP contribution in [0.25, 0.3) is 0 Å². The SMILES string of the molecule is C#CC1(O)CCN(CC(F)F)C1. The van der Waals surface area contributed by atoms with Crippen molar-refractivity contribution in [1.29, 1.82) is 0 Å². The Bertz CT molecular complexity index is 202. The second-order valence-corrected chi connectivity index (χ2v) is 3.05. The van der Waals surface area contributed by atoms with Crippen LogP contribution in [0.3, 0.4) is 0 Å². The lowest BCUT2D eigenvalue weighted by atomic mass is 10.1. The number of alkyl halides is 2. The zero-order chi connectivity index (χ0) is 9.19. The molecule has 1 fully saturated rings. The molecule has 1 rings (SSSR count). The van der Waals surface area contributed by atoms with Gasteiger partial charge in [0.15, 0.2) is 0 Å². The molecule has 1 atom stereocenters. The van der Waals surface area contributed by atoms with E-state index >= 15 is 0 Å². The van der Waals surface area contributed by atoms with Crippen LogP contribution in [0.5, 0.6) is 0 Å². The fraction of sp³-hybridized carbons (Fsp3) is 0.750. The van der Waals surface area contributed by atoms with Gasteiger partial charge in [0.2, 0.25) is 0 Å². The van der Waals surface area contributed by atoms with Crippen molar-refractivity contribution in [3.63, 3.8) is 0 Å². The Balaban J connectivity index is 2.42. The number of likely N-dealkylation sites (tertiary alicyclic amines) is 1. The summed E-state index contributed by atoms with van der Waals surface area (Å²) in [6.45, 7) is 0.308. The normalized spacial score (nSPS) is 30.9. The van der Waals surface area contributed by atoms with E-state index in [0.29, 0.717) is 13.0 Å². The van der Waals surface area contributed by atoms with Crippen LogP contribution in [0.1, 0.15) is 6.42 Å². The van der Waals surface area contributed by atoms with Crippen LogP contribution >= 0.6 is 0 Å². The van der Waals surface area contributed by atoms with E-state index in [4.69, 9.17) is 6.42 Å². The monoisotopic (exact) mass is 175 g/mol. The van der Waals surface area contributed by atoms with Crippen LogP contribution in [-0.2, 0) is 0 Å². The highest BCUT2D eigenvalue weighted by molar-refractivity contribution is 5.12. The molecule has 4 heteroatoms. The summed E-state index contributed by atoms with van der Waals surface area (Å²) >= 11 is 0. The maximum absolute atomic E-state index is 11.9. The molecule has 0 aromatic rings. The van der Waals surface area contributed by atoms with E-state index in [1.807, 2.05) is 0 Å². The Morgan fingerprint density at radius 2 is 2.33 bits per heavy atom. The second-order valence-electron chi connectivity index (χ2n) is 3.05. The number of hydrogen-bond donors (Lipinski definition) is 1. The molecule has 68 valence electrons. The summed E-state index contributed by atoms with van der Waals surface area (Å²) in [6.07, 6.45) is 3.08. The molecule has 1 aliphatic rings. The lowest BCUT2D eigenvalue weighted by Gasteiger charge is -2.17. The predicted octanol–water partition coefficient (Wildman–Crippen LogP) is 0.321. The second kappa shape index (κ2) is 3.38. The molecule has 2 nitrogen and oxygen atoms in total. The first-order chi connectivity index (χ1) is 5.56. The smallest absolute Gasteiger partial charge is 0.251 e. The van der Waals surface area contributed by atoms with E-state index in [0.717, 1.165) is 0 Å². The summed E-state index contributed by atoms with van der Waals surface area (Å²) in [7, 11) is 0. The number of nitrogens with zero attached hydrogens (tertiary/aromatic N) is 1. The molecular formula is C8H11F2NO. The van der Waals surface area contributed by atoms with Crippen LogP contribution in [-0.4, -0.2) is 41.7 Å². The largest absolute Gasteiger partial charge is 0.376 e. The number of halogens is 2. The summed E-state index contributed by atoms with van der Waals surface area (Å²) < 4.78 is 23.7. The van der Waals surface area contributed by atoms with Gasteiger partial charge in [-0.3, -0.25) is 4.90 Å². The van der Waals surface area contributed by atoms with E-state index in [1.165, 1.54) is 4.90 Å². The van der Waals surface area contributed by atoms with Gasteiger partial charge in [-0.05, 0) is 0 Å². The molecule has 0 radical (unpaired) electrons. The highest BCUT2D eigenvalue weighted by Gasteiger charge is 2.34. The molecule has 0 aliphatic carbocycles.